The zero-order chi connectivity index (χ0) is 12.7. The Balaban J connectivity index is 2.48. The summed E-state index contributed by atoms with van der Waals surface area (Å²) < 4.78 is 6.48. The summed E-state index contributed by atoms with van der Waals surface area (Å²) in [5, 5.41) is 3.40. The van der Waals surface area contributed by atoms with Crippen molar-refractivity contribution in [2.45, 2.75) is 25.8 Å². The van der Waals surface area contributed by atoms with Crippen LogP contribution in [0.3, 0.4) is 0 Å². The minimum Gasteiger partial charge on any atom is -0.384 e. The Morgan fingerprint density at radius 1 is 1.29 bits per heavy atom. The van der Waals surface area contributed by atoms with Crippen molar-refractivity contribution < 1.29 is 4.74 Å². The quantitative estimate of drug-likeness (QED) is 0.766. The number of nitrogens with one attached hydrogen (secondary N) is 1. The Morgan fingerprint density at radius 3 is 2.47 bits per heavy atom. The molecule has 1 rings (SSSR count). The molecule has 2 unspecified atom stereocenters. The lowest BCUT2D eigenvalue weighted by Gasteiger charge is -2.20. The van der Waals surface area contributed by atoms with E-state index in [1.165, 1.54) is 9.13 Å². The minimum atomic E-state index is 0.528. The highest BCUT2D eigenvalue weighted by atomic mass is 127. The fraction of sp³-hybridized carbons (Fsp3) is 0.571. The molecule has 0 aromatic heterocycles. The van der Waals surface area contributed by atoms with E-state index in [1.807, 2.05) is 7.05 Å². The van der Waals surface area contributed by atoms with E-state index < -0.39 is 0 Å². The molecular weight excluding hydrogens is 325 g/mol. The van der Waals surface area contributed by atoms with Gasteiger partial charge < -0.3 is 10.1 Å². The number of rotatable bonds is 7. The summed E-state index contributed by atoms with van der Waals surface area (Å²) >= 11 is 2.34. The van der Waals surface area contributed by atoms with Gasteiger partial charge in [0.1, 0.15) is 0 Å². The van der Waals surface area contributed by atoms with Gasteiger partial charge in [-0.1, -0.05) is 19.1 Å². The van der Waals surface area contributed by atoms with Gasteiger partial charge in [0, 0.05) is 23.3 Å². The highest BCUT2D eigenvalue weighted by Crippen LogP contribution is 2.13. The topological polar surface area (TPSA) is 21.3 Å². The lowest BCUT2D eigenvalue weighted by molar-refractivity contribution is 0.150. The summed E-state index contributed by atoms with van der Waals surface area (Å²) in [5.74, 6) is 0.598. The summed E-state index contributed by atoms with van der Waals surface area (Å²) in [6, 6.07) is 9.29. The van der Waals surface area contributed by atoms with Crippen LogP contribution in [0.25, 0.3) is 0 Å². The molecule has 3 heteroatoms. The van der Waals surface area contributed by atoms with Gasteiger partial charge in [-0.25, -0.2) is 0 Å². The lowest BCUT2D eigenvalue weighted by atomic mass is 9.97. The molecule has 96 valence electrons. The van der Waals surface area contributed by atoms with E-state index in [4.69, 9.17) is 4.74 Å². The second kappa shape index (κ2) is 8.06. The SMILES string of the molecule is CNC(Cc1ccc(I)cc1)CC(C)COC. The van der Waals surface area contributed by atoms with Crippen molar-refractivity contribution in [3.05, 3.63) is 33.4 Å². The van der Waals surface area contributed by atoms with E-state index in [-0.39, 0.29) is 0 Å². The zero-order valence-electron chi connectivity index (χ0n) is 10.9. The number of hydrogen-bond acceptors (Lipinski definition) is 2. The third kappa shape index (κ3) is 5.84. The van der Waals surface area contributed by atoms with E-state index in [1.54, 1.807) is 7.11 Å². The third-order valence-corrected chi connectivity index (χ3v) is 3.66. The molecule has 0 bridgehead atoms. The third-order valence-electron chi connectivity index (χ3n) is 2.94. The summed E-state index contributed by atoms with van der Waals surface area (Å²) in [5.41, 5.74) is 1.40. The molecule has 2 atom stereocenters. The number of ether oxygens (including phenoxy) is 1. The van der Waals surface area contributed by atoms with Crippen LogP contribution in [0.1, 0.15) is 18.9 Å². The van der Waals surface area contributed by atoms with Crippen LogP contribution >= 0.6 is 22.6 Å². The van der Waals surface area contributed by atoms with Gasteiger partial charge in [-0.3, -0.25) is 0 Å². The largest absolute Gasteiger partial charge is 0.384 e. The Hall–Kier alpha value is -0.130. The minimum absolute atomic E-state index is 0.528. The molecule has 0 saturated heterocycles. The second-order valence-electron chi connectivity index (χ2n) is 4.61. The molecule has 0 saturated carbocycles. The molecule has 0 spiro atoms. The van der Waals surface area contributed by atoms with Crippen LogP contribution in [0.2, 0.25) is 0 Å². The molecule has 0 heterocycles. The van der Waals surface area contributed by atoms with E-state index in [0.717, 1.165) is 19.4 Å². The highest BCUT2D eigenvalue weighted by molar-refractivity contribution is 14.1. The molecule has 0 aliphatic heterocycles. The normalized spacial score (nSPS) is 14.6. The predicted molar refractivity (Wildman–Crippen MR) is 81.4 cm³/mol. The molecule has 17 heavy (non-hydrogen) atoms. The number of likely N-dealkylation sites (N-methyl/N-ethyl adjacent to an activating group) is 1. The van der Waals surface area contributed by atoms with Crippen LogP contribution in [0.5, 0.6) is 0 Å². The molecule has 2 nitrogen and oxygen atoms in total. The molecular formula is C14H22INO. The van der Waals surface area contributed by atoms with Crippen molar-refractivity contribution in [2.75, 3.05) is 20.8 Å². The monoisotopic (exact) mass is 347 g/mol. The van der Waals surface area contributed by atoms with Crippen LogP contribution in [0, 0.1) is 9.49 Å². The van der Waals surface area contributed by atoms with Gasteiger partial charge in [0.2, 0.25) is 0 Å². The van der Waals surface area contributed by atoms with Gasteiger partial charge >= 0.3 is 0 Å². The molecule has 0 aliphatic carbocycles. The van der Waals surface area contributed by atoms with E-state index in [2.05, 4.69) is 59.1 Å². The van der Waals surface area contributed by atoms with Crippen molar-refractivity contribution >= 4 is 22.6 Å². The molecule has 0 fully saturated rings. The van der Waals surface area contributed by atoms with Crippen LogP contribution in [-0.2, 0) is 11.2 Å². The zero-order valence-corrected chi connectivity index (χ0v) is 13.0. The average molecular weight is 347 g/mol. The summed E-state index contributed by atoms with van der Waals surface area (Å²) in [7, 11) is 3.81. The first kappa shape index (κ1) is 14.9. The van der Waals surface area contributed by atoms with E-state index in [9.17, 15) is 0 Å². The van der Waals surface area contributed by atoms with Crippen molar-refractivity contribution in [2.24, 2.45) is 5.92 Å². The van der Waals surface area contributed by atoms with E-state index >= 15 is 0 Å². The van der Waals surface area contributed by atoms with Crippen LogP contribution < -0.4 is 5.32 Å². The molecule has 1 N–H and O–H groups in total. The average Bonchev–Trinajstić information content (AvgIpc) is 2.31. The number of benzene rings is 1. The highest BCUT2D eigenvalue weighted by Gasteiger charge is 2.12. The number of halogens is 1. The molecule has 0 amide bonds. The van der Waals surface area contributed by atoms with Gasteiger partial charge in [-0.2, -0.15) is 0 Å². The Kier molecular flexibility index (Phi) is 7.08. The van der Waals surface area contributed by atoms with Crippen LogP contribution in [0.4, 0.5) is 0 Å². The van der Waals surface area contributed by atoms with Crippen molar-refractivity contribution in [1.82, 2.24) is 5.32 Å². The molecule has 1 aromatic carbocycles. The molecule has 0 aliphatic rings. The maximum atomic E-state index is 5.19. The fourth-order valence-corrected chi connectivity index (χ4v) is 2.41. The van der Waals surface area contributed by atoms with Crippen molar-refractivity contribution in [3.8, 4) is 0 Å². The van der Waals surface area contributed by atoms with E-state index in [0.29, 0.717) is 12.0 Å². The van der Waals surface area contributed by atoms with Crippen LogP contribution in [0.15, 0.2) is 24.3 Å². The van der Waals surface area contributed by atoms with Crippen molar-refractivity contribution in [1.29, 1.82) is 0 Å². The van der Waals surface area contributed by atoms with Crippen LogP contribution in [-0.4, -0.2) is 26.8 Å². The van der Waals surface area contributed by atoms with Gasteiger partial charge in [0.25, 0.3) is 0 Å². The fourth-order valence-electron chi connectivity index (χ4n) is 2.05. The Morgan fingerprint density at radius 2 is 1.94 bits per heavy atom. The Labute approximate surface area is 118 Å². The standard InChI is InChI=1S/C14H22INO/c1-11(10-17-3)8-14(16-2)9-12-4-6-13(15)7-5-12/h4-7,11,14,16H,8-10H2,1-3H3. The Bertz CT molecular complexity index is 313. The maximum Gasteiger partial charge on any atom is 0.0488 e. The first-order valence-corrected chi connectivity index (χ1v) is 7.14. The van der Waals surface area contributed by atoms with Gasteiger partial charge in [0.05, 0.1) is 0 Å². The first-order valence-electron chi connectivity index (χ1n) is 6.06. The summed E-state index contributed by atoms with van der Waals surface area (Å²) in [4.78, 5) is 0. The molecule has 0 radical (unpaired) electrons. The first-order chi connectivity index (χ1) is 8.15. The van der Waals surface area contributed by atoms with Gasteiger partial charge in [-0.05, 0) is 66.1 Å². The number of hydrogen-bond donors (Lipinski definition) is 1. The summed E-state index contributed by atoms with van der Waals surface area (Å²) in [6.45, 7) is 3.08. The predicted octanol–water partition coefficient (Wildman–Crippen LogP) is 3.09. The summed E-state index contributed by atoms with van der Waals surface area (Å²) in [6.07, 6.45) is 2.23. The smallest absolute Gasteiger partial charge is 0.0488 e. The maximum absolute atomic E-state index is 5.19. The second-order valence-corrected chi connectivity index (χ2v) is 5.86. The van der Waals surface area contributed by atoms with Crippen molar-refractivity contribution in [3.63, 3.8) is 0 Å². The molecule has 1 aromatic rings. The number of methoxy groups -OCH3 is 1. The van der Waals surface area contributed by atoms with Gasteiger partial charge in [0.15, 0.2) is 0 Å². The lowest BCUT2D eigenvalue weighted by Crippen LogP contribution is -2.30. The van der Waals surface area contributed by atoms with Gasteiger partial charge in [-0.15, -0.1) is 0 Å².